The molecule has 0 aliphatic rings. The van der Waals surface area contributed by atoms with E-state index >= 15 is 0 Å². The maximum absolute atomic E-state index is 11.7. The van der Waals surface area contributed by atoms with Gasteiger partial charge in [0, 0.05) is 19.0 Å². The largest absolute Gasteiger partial charge is 0.481 e. The standard InChI is InChI=1S/C14H23N3O4/c1-9(2)4-11(6-13(18)19)7-15-14(20)16-8-12-5-10(3)17-21-12/h5,9,11H,4,6-8H2,1-3H3,(H,18,19)(H2,15,16,20). The van der Waals surface area contributed by atoms with Crippen LogP contribution in [0.3, 0.4) is 0 Å². The normalized spacial score (nSPS) is 12.2. The summed E-state index contributed by atoms with van der Waals surface area (Å²) >= 11 is 0. The van der Waals surface area contributed by atoms with Gasteiger partial charge in [-0.2, -0.15) is 0 Å². The lowest BCUT2D eigenvalue weighted by Crippen LogP contribution is -2.38. The average molecular weight is 297 g/mol. The molecule has 1 heterocycles. The number of hydrogen-bond acceptors (Lipinski definition) is 4. The number of nitrogens with one attached hydrogen (secondary N) is 2. The summed E-state index contributed by atoms with van der Waals surface area (Å²) in [6.07, 6.45) is 0.813. The minimum Gasteiger partial charge on any atom is -0.481 e. The van der Waals surface area contributed by atoms with E-state index in [4.69, 9.17) is 9.63 Å². The molecule has 0 saturated carbocycles. The molecule has 0 saturated heterocycles. The number of amides is 2. The molecule has 0 aromatic carbocycles. The number of urea groups is 1. The Kier molecular flexibility index (Phi) is 6.71. The number of hydrogen-bond donors (Lipinski definition) is 3. The Hall–Kier alpha value is -2.05. The van der Waals surface area contributed by atoms with Gasteiger partial charge in [0.2, 0.25) is 0 Å². The molecule has 0 fully saturated rings. The lowest BCUT2D eigenvalue weighted by molar-refractivity contribution is -0.138. The molecule has 21 heavy (non-hydrogen) atoms. The van der Waals surface area contributed by atoms with Crippen LogP contribution < -0.4 is 10.6 Å². The molecule has 1 unspecified atom stereocenters. The lowest BCUT2D eigenvalue weighted by Gasteiger charge is -2.17. The van der Waals surface area contributed by atoms with Crippen molar-refractivity contribution in [1.82, 2.24) is 15.8 Å². The molecule has 118 valence electrons. The molecule has 1 rings (SSSR count). The highest BCUT2D eigenvalue weighted by molar-refractivity contribution is 5.74. The van der Waals surface area contributed by atoms with Crippen molar-refractivity contribution in [3.05, 3.63) is 17.5 Å². The van der Waals surface area contributed by atoms with E-state index in [1.54, 1.807) is 13.0 Å². The van der Waals surface area contributed by atoms with E-state index in [0.717, 1.165) is 12.1 Å². The Bertz CT molecular complexity index is 471. The molecule has 3 N–H and O–H groups in total. The van der Waals surface area contributed by atoms with Crippen molar-refractivity contribution >= 4 is 12.0 Å². The fourth-order valence-corrected chi connectivity index (χ4v) is 2.12. The van der Waals surface area contributed by atoms with Gasteiger partial charge in [-0.15, -0.1) is 0 Å². The zero-order valence-electron chi connectivity index (χ0n) is 12.7. The van der Waals surface area contributed by atoms with Gasteiger partial charge in [0.05, 0.1) is 12.2 Å². The monoisotopic (exact) mass is 297 g/mol. The third-order valence-electron chi connectivity index (χ3n) is 2.92. The van der Waals surface area contributed by atoms with Crippen molar-refractivity contribution in [2.24, 2.45) is 11.8 Å². The van der Waals surface area contributed by atoms with Gasteiger partial charge in [0.25, 0.3) is 0 Å². The van der Waals surface area contributed by atoms with Crippen LogP contribution in [0.4, 0.5) is 4.79 Å². The van der Waals surface area contributed by atoms with Gasteiger partial charge in [-0.1, -0.05) is 19.0 Å². The maximum atomic E-state index is 11.7. The highest BCUT2D eigenvalue weighted by Crippen LogP contribution is 2.14. The molecule has 1 aromatic heterocycles. The number of carboxylic acid groups (broad SMARTS) is 1. The van der Waals surface area contributed by atoms with Gasteiger partial charge < -0.3 is 20.3 Å². The number of carbonyl (C=O) groups excluding carboxylic acids is 1. The molecular formula is C14H23N3O4. The summed E-state index contributed by atoms with van der Waals surface area (Å²) in [7, 11) is 0. The predicted octanol–water partition coefficient (Wildman–Crippen LogP) is 1.92. The Labute approximate surface area is 124 Å². The Balaban J connectivity index is 2.33. The van der Waals surface area contributed by atoms with E-state index in [0.29, 0.717) is 18.2 Å². The van der Waals surface area contributed by atoms with Crippen LogP contribution in [-0.2, 0) is 11.3 Å². The van der Waals surface area contributed by atoms with Crippen molar-refractivity contribution in [1.29, 1.82) is 0 Å². The molecule has 0 spiro atoms. The van der Waals surface area contributed by atoms with Crippen LogP contribution in [-0.4, -0.2) is 28.8 Å². The van der Waals surface area contributed by atoms with Crippen molar-refractivity contribution in [3.63, 3.8) is 0 Å². The zero-order valence-corrected chi connectivity index (χ0v) is 12.7. The van der Waals surface area contributed by atoms with Gasteiger partial charge in [0.1, 0.15) is 0 Å². The van der Waals surface area contributed by atoms with Crippen LogP contribution in [0, 0.1) is 18.8 Å². The molecule has 7 nitrogen and oxygen atoms in total. The van der Waals surface area contributed by atoms with Crippen LogP contribution in [0.5, 0.6) is 0 Å². The van der Waals surface area contributed by atoms with Gasteiger partial charge in [-0.3, -0.25) is 4.79 Å². The Morgan fingerprint density at radius 3 is 2.62 bits per heavy atom. The fraction of sp³-hybridized carbons (Fsp3) is 0.643. The second kappa shape index (κ2) is 8.28. The number of rotatable bonds is 8. The molecule has 1 atom stereocenters. The minimum atomic E-state index is -0.847. The van der Waals surface area contributed by atoms with Gasteiger partial charge in [-0.05, 0) is 25.2 Å². The first-order valence-corrected chi connectivity index (χ1v) is 7.02. The van der Waals surface area contributed by atoms with Gasteiger partial charge in [0.15, 0.2) is 5.76 Å². The third kappa shape index (κ3) is 7.34. The highest BCUT2D eigenvalue weighted by Gasteiger charge is 2.16. The van der Waals surface area contributed by atoms with Crippen molar-refractivity contribution in [2.75, 3.05) is 6.54 Å². The summed E-state index contributed by atoms with van der Waals surface area (Å²) in [6, 6.07) is 1.40. The second-order valence-corrected chi connectivity index (χ2v) is 5.59. The number of aryl methyl sites for hydroxylation is 1. The summed E-state index contributed by atoms with van der Waals surface area (Å²) in [5, 5.41) is 17.9. The first-order chi connectivity index (χ1) is 9.86. The molecule has 1 aromatic rings. The number of nitrogens with zero attached hydrogens (tertiary/aromatic N) is 1. The molecule has 7 heteroatoms. The van der Waals surface area contributed by atoms with Crippen LogP contribution in [0.25, 0.3) is 0 Å². The van der Waals surface area contributed by atoms with Crippen molar-refractivity contribution in [2.45, 2.75) is 40.2 Å². The number of carboxylic acids is 1. The summed E-state index contributed by atoms with van der Waals surface area (Å²) < 4.78 is 4.98. The molecule has 0 aliphatic heterocycles. The molecule has 0 aliphatic carbocycles. The van der Waals surface area contributed by atoms with E-state index in [2.05, 4.69) is 15.8 Å². The molecular weight excluding hydrogens is 274 g/mol. The SMILES string of the molecule is Cc1cc(CNC(=O)NCC(CC(=O)O)CC(C)C)on1. The van der Waals surface area contributed by atoms with E-state index in [9.17, 15) is 9.59 Å². The maximum Gasteiger partial charge on any atom is 0.315 e. The molecule has 0 bridgehead atoms. The van der Waals surface area contributed by atoms with Crippen LogP contribution in [0.15, 0.2) is 10.6 Å². The predicted molar refractivity (Wildman–Crippen MR) is 76.7 cm³/mol. The van der Waals surface area contributed by atoms with Crippen molar-refractivity contribution in [3.8, 4) is 0 Å². The van der Waals surface area contributed by atoms with E-state index in [-0.39, 0.29) is 24.9 Å². The Morgan fingerprint density at radius 1 is 1.38 bits per heavy atom. The van der Waals surface area contributed by atoms with E-state index in [1.807, 2.05) is 13.8 Å². The minimum absolute atomic E-state index is 0.0553. The highest BCUT2D eigenvalue weighted by atomic mass is 16.5. The van der Waals surface area contributed by atoms with E-state index in [1.165, 1.54) is 0 Å². The first kappa shape index (κ1) is 17.0. The fourth-order valence-electron chi connectivity index (χ4n) is 2.12. The quantitative estimate of drug-likeness (QED) is 0.680. The lowest BCUT2D eigenvalue weighted by atomic mass is 9.94. The first-order valence-electron chi connectivity index (χ1n) is 7.02. The summed E-state index contributed by atoms with van der Waals surface area (Å²) in [5.74, 6) is 0.0454. The second-order valence-electron chi connectivity index (χ2n) is 5.59. The van der Waals surface area contributed by atoms with Crippen molar-refractivity contribution < 1.29 is 19.2 Å². The Morgan fingerprint density at radius 2 is 2.10 bits per heavy atom. The van der Waals surface area contributed by atoms with Crippen LogP contribution in [0.1, 0.15) is 38.1 Å². The number of carbonyl (C=O) groups is 2. The zero-order chi connectivity index (χ0) is 15.8. The molecule has 2 amide bonds. The summed E-state index contributed by atoms with van der Waals surface area (Å²) in [5.41, 5.74) is 0.755. The van der Waals surface area contributed by atoms with Crippen LogP contribution >= 0.6 is 0 Å². The average Bonchev–Trinajstić information content (AvgIpc) is 2.78. The van der Waals surface area contributed by atoms with Crippen LogP contribution in [0.2, 0.25) is 0 Å². The molecule has 0 radical (unpaired) electrons. The smallest absolute Gasteiger partial charge is 0.315 e. The number of aromatic nitrogens is 1. The van der Waals surface area contributed by atoms with Gasteiger partial charge in [-0.25, -0.2) is 4.79 Å². The summed E-state index contributed by atoms with van der Waals surface area (Å²) in [6.45, 7) is 6.45. The van der Waals surface area contributed by atoms with Gasteiger partial charge >= 0.3 is 12.0 Å². The number of aliphatic carboxylic acids is 1. The topological polar surface area (TPSA) is 104 Å². The summed E-state index contributed by atoms with van der Waals surface area (Å²) in [4.78, 5) is 22.5. The third-order valence-corrected chi connectivity index (χ3v) is 2.92. The van der Waals surface area contributed by atoms with E-state index < -0.39 is 5.97 Å².